The minimum absolute atomic E-state index is 0.363. The van der Waals surface area contributed by atoms with Gasteiger partial charge in [0.25, 0.3) is 0 Å². The number of carbonyl (C=O) groups is 2. The third-order valence-electron chi connectivity index (χ3n) is 1.91. The fourth-order valence-electron chi connectivity index (χ4n) is 0.770. The number of aliphatic carboxylic acids is 1. The summed E-state index contributed by atoms with van der Waals surface area (Å²) in [5.74, 6) is -1.02. The Labute approximate surface area is 60.0 Å². The number of carboxylic acids is 1. The van der Waals surface area contributed by atoms with E-state index in [2.05, 4.69) is 0 Å². The maximum Gasteiger partial charge on any atom is 0.316 e. The van der Waals surface area contributed by atoms with Crippen LogP contribution in [0, 0.1) is 5.41 Å². The topological polar surface area (TPSA) is 54.4 Å². The van der Waals surface area contributed by atoms with Crippen LogP contribution in [0.5, 0.6) is 0 Å². The van der Waals surface area contributed by atoms with Crippen LogP contribution in [-0.2, 0) is 9.59 Å². The third-order valence-corrected chi connectivity index (χ3v) is 1.91. The molecule has 0 saturated carbocycles. The van der Waals surface area contributed by atoms with Crippen LogP contribution in [0.25, 0.3) is 0 Å². The van der Waals surface area contributed by atoms with E-state index in [1.165, 1.54) is 0 Å². The van der Waals surface area contributed by atoms with Crippen molar-refractivity contribution >= 4 is 12.3 Å². The molecule has 0 aromatic heterocycles. The summed E-state index contributed by atoms with van der Waals surface area (Å²) < 4.78 is 0. The lowest BCUT2D eigenvalue weighted by Crippen LogP contribution is -2.30. The fraction of sp³-hybridized carbons (Fsp3) is 0.714. The van der Waals surface area contributed by atoms with Crippen LogP contribution in [0.1, 0.15) is 26.7 Å². The maximum atomic E-state index is 10.5. The Bertz CT molecular complexity index is 136. The Morgan fingerprint density at radius 3 is 1.90 bits per heavy atom. The van der Waals surface area contributed by atoms with Gasteiger partial charge in [0.05, 0.1) is 0 Å². The highest BCUT2D eigenvalue weighted by atomic mass is 16.4. The first kappa shape index (κ1) is 9.14. The molecule has 1 N–H and O–H groups in total. The minimum Gasteiger partial charge on any atom is -0.481 e. The third kappa shape index (κ3) is 1.35. The summed E-state index contributed by atoms with van der Waals surface area (Å²) in [6.45, 7) is 3.40. The Morgan fingerprint density at radius 1 is 1.50 bits per heavy atom. The molecule has 3 nitrogen and oxygen atoms in total. The average Bonchev–Trinajstić information content (AvgIpc) is 1.92. The minimum atomic E-state index is -1.14. The number of carboxylic acid groups (broad SMARTS) is 1. The Kier molecular flexibility index (Phi) is 3.06. The second-order valence-electron chi connectivity index (χ2n) is 2.29. The van der Waals surface area contributed by atoms with Crippen LogP contribution in [0.4, 0.5) is 0 Å². The SMILES string of the molecule is CCC(C=O)(CC)C(=O)O. The molecule has 0 spiro atoms. The van der Waals surface area contributed by atoms with Crippen LogP contribution in [0.2, 0.25) is 0 Å². The molecular formula is C7H12O3. The second-order valence-corrected chi connectivity index (χ2v) is 2.29. The molecule has 0 aromatic rings. The quantitative estimate of drug-likeness (QED) is 0.474. The zero-order chi connectivity index (χ0) is 8.20. The van der Waals surface area contributed by atoms with E-state index in [4.69, 9.17) is 5.11 Å². The van der Waals surface area contributed by atoms with Gasteiger partial charge in [-0.05, 0) is 12.8 Å². The molecule has 0 aliphatic rings. The molecule has 0 atom stereocenters. The van der Waals surface area contributed by atoms with Crippen molar-refractivity contribution < 1.29 is 14.7 Å². The molecule has 0 fully saturated rings. The van der Waals surface area contributed by atoms with Crippen molar-refractivity contribution in [2.45, 2.75) is 26.7 Å². The molecule has 0 unspecified atom stereocenters. The number of hydrogen-bond acceptors (Lipinski definition) is 2. The van der Waals surface area contributed by atoms with Gasteiger partial charge in [0.2, 0.25) is 0 Å². The Morgan fingerprint density at radius 2 is 1.90 bits per heavy atom. The monoisotopic (exact) mass is 144 g/mol. The van der Waals surface area contributed by atoms with Gasteiger partial charge >= 0.3 is 5.97 Å². The Balaban J connectivity index is 4.46. The number of carbonyl (C=O) groups excluding carboxylic acids is 1. The van der Waals surface area contributed by atoms with E-state index in [1.54, 1.807) is 13.8 Å². The lowest BCUT2D eigenvalue weighted by molar-refractivity contribution is -0.151. The first-order chi connectivity index (χ1) is 4.63. The lowest BCUT2D eigenvalue weighted by Gasteiger charge is -2.17. The van der Waals surface area contributed by atoms with E-state index in [9.17, 15) is 9.59 Å². The molecule has 0 aromatic carbocycles. The van der Waals surface area contributed by atoms with Gasteiger partial charge in [-0.25, -0.2) is 0 Å². The molecule has 10 heavy (non-hydrogen) atoms. The van der Waals surface area contributed by atoms with Crippen LogP contribution in [0.3, 0.4) is 0 Å². The van der Waals surface area contributed by atoms with Crippen LogP contribution in [-0.4, -0.2) is 17.4 Å². The summed E-state index contributed by atoms with van der Waals surface area (Å²) >= 11 is 0. The van der Waals surface area contributed by atoms with Gasteiger partial charge in [0.1, 0.15) is 11.7 Å². The van der Waals surface area contributed by atoms with E-state index >= 15 is 0 Å². The zero-order valence-corrected chi connectivity index (χ0v) is 6.26. The van der Waals surface area contributed by atoms with Crippen molar-refractivity contribution in [1.82, 2.24) is 0 Å². The summed E-state index contributed by atoms with van der Waals surface area (Å²) in [6.07, 6.45) is 1.25. The molecule has 0 heterocycles. The summed E-state index contributed by atoms with van der Waals surface area (Å²) in [5, 5.41) is 8.59. The lowest BCUT2D eigenvalue weighted by atomic mass is 9.84. The highest BCUT2D eigenvalue weighted by molar-refractivity contribution is 5.91. The van der Waals surface area contributed by atoms with E-state index in [0.717, 1.165) is 0 Å². The average molecular weight is 144 g/mol. The van der Waals surface area contributed by atoms with Gasteiger partial charge in [0, 0.05) is 0 Å². The van der Waals surface area contributed by atoms with Gasteiger partial charge in [-0.2, -0.15) is 0 Å². The predicted molar refractivity (Wildman–Crippen MR) is 36.7 cm³/mol. The first-order valence-corrected chi connectivity index (χ1v) is 3.32. The molecule has 58 valence electrons. The van der Waals surface area contributed by atoms with Crippen molar-refractivity contribution in [3.8, 4) is 0 Å². The van der Waals surface area contributed by atoms with Crippen LogP contribution in [0.15, 0.2) is 0 Å². The largest absolute Gasteiger partial charge is 0.481 e. The highest BCUT2D eigenvalue weighted by Gasteiger charge is 2.34. The molecule has 0 saturated heterocycles. The van der Waals surface area contributed by atoms with E-state index in [1.807, 2.05) is 0 Å². The molecule has 0 amide bonds. The smallest absolute Gasteiger partial charge is 0.316 e. The summed E-state index contributed by atoms with van der Waals surface area (Å²) in [7, 11) is 0. The number of hydrogen-bond donors (Lipinski definition) is 1. The zero-order valence-electron chi connectivity index (χ0n) is 6.26. The molecule has 0 aliphatic carbocycles. The predicted octanol–water partition coefficient (Wildman–Crippen LogP) is 1.08. The molecule has 0 bridgehead atoms. The van der Waals surface area contributed by atoms with Gasteiger partial charge in [0.15, 0.2) is 0 Å². The van der Waals surface area contributed by atoms with Crippen molar-refractivity contribution in [2.24, 2.45) is 5.41 Å². The summed E-state index contributed by atoms with van der Waals surface area (Å²) in [4.78, 5) is 20.8. The number of aldehydes is 1. The summed E-state index contributed by atoms with van der Waals surface area (Å²) in [5.41, 5.74) is -1.14. The normalized spacial score (nSPS) is 11.0. The summed E-state index contributed by atoms with van der Waals surface area (Å²) in [6, 6.07) is 0. The molecule has 3 heteroatoms. The molecule has 0 rings (SSSR count). The second kappa shape index (κ2) is 3.34. The first-order valence-electron chi connectivity index (χ1n) is 3.32. The highest BCUT2D eigenvalue weighted by Crippen LogP contribution is 2.22. The molecule has 0 aliphatic heterocycles. The maximum absolute atomic E-state index is 10.5. The van der Waals surface area contributed by atoms with Crippen molar-refractivity contribution in [1.29, 1.82) is 0 Å². The number of rotatable bonds is 4. The van der Waals surface area contributed by atoms with E-state index < -0.39 is 11.4 Å². The van der Waals surface area contributed by atoms with Gasteiger partial charge in [-0.3, -0.25) is 4.79 Å². The van der Waals surface area contributed by atoms with Gasteiger partial charge in [-0.15, -0.1) is 0 Å². The molecule has 0 radical (unpaired) electrons. The standard InChI is InChI=1S/C7H12O3/c1-3-7(4-2,5-8)6(9)10/h5H,3-4H2,1-2H3,(H,9,10). The van der Waals surface area contributed by atoms with Gasteiger partial charge < -0.3 is 9.90 Å². The van der Waals surface area contributed by atoms with Crippen molar-refractivity contribution in [2.75, 3.05) is 0 Å². The Hall–Kier alpha value is -0.860. The van der Waals surface area contributed by atoms with Crippen molar-refractivity contribution in [3.05, 3.63) is 0 Å². The molecular weight excluding hydrogens is 132 g/mol. The van der Waals surface area contributed by atoms with E-state index in [-0.39, 0.29) is 0 Å². The van der Waals surface area contributed by atoms with Crippen LogP contribution >= 0.6 is 0 Å². The van der Waals surface area contributed by atoms with E-state index in [0.29, 0.717) is 19.1 Å². The van der Waals surface area contributed by atoms with Crippen molar-refractivity contribution in [3.63, 3.8) is 0 Å². The van der Waals surface area contributed by atoms with Gasteiger partial charge in [-0.1, -0.05) is 13.8 Å². The van der Waals surface area contributed by atoms with Crippen LogP contribution < -0.4 is 0 Å². The fourth-order valence-corrected chi connectivity index (χ4v) is 0.770.